The molecule has 0 saturated heterocycles. The van der Waals surface area contributed by atoms with E-state index in [9.17, 15) is 0 Å². The van der Waals surface area contributed by atoms with Gasteiger partial charge >= 0.3 is 0 Å². The van der Waals surface area contributed by atoms with Crippen LogP contribution in [0.3, 0.4) is 0 Å². The molecule has 0 spiro atoms. The highest BCUT2D eigenvalue weighted by Gasteiger charge is 2.13. The van der Waals surface area contributed by atoms with Crippen LogP contribution in [-0.2, 0) is 0 Å². The van der Waals surface area contributed by atoms with Gasteiger partial charge in [0.05, 0.1) is 0 Å². The molecule has 1 rings (SSSR count). The Kier molecular flexibility index (Phi) is 7.45. The lowest BCUT2D eigenvalue weighted by Gasteiger charge is -2.19. The van der Waals surface area contributed by atoms with E-state index < -0.39 is 0 Å². The summed E-state index contributed by atoms with van der Waals surface area (Å²) in [7, 11) is 0. The number of nitrogens with zero attached hydrogens (tertiary/aromatic N) is 1. The van der Waals surface area contributed by atoms with Crippen molar-refractivity contribution in [3.05, 3.63) is 52.6 Å². The molecule has 0 aliphatic rings. The van der Waals surface area contributed by atoms with Crippen molar-refractivity contribution in [2.45, 2.75) is 40.5 Å². The van der Waals surface area contributed by atoms with Crippen LogP contribution in [0.5, 0.6) is 0 Å². The molecule has 0 atom stereocenters. The summed E-state index contributed by atoms with van der Waals surface area (Å²) < 4.78 is 0. The van der Waals surface area contributed by atoms with E-state index in [2.05, 4.69) is 50.9 Å². The number of allylic oxidation sites excluding steroid dienone is 3. The van der Waals surface area contributed by atoms with E-state index in [1.807, 2.05) is 30.5 Å². The van der Waals surface area contributed by atoms with Crippen LogP contribution in [0.4, 0.5) is 0 Å². The van der Waals surface area contributed by atoms with E-state index in [1.54, 1.807) is 0 Å². The average Bonchev–Trinajstić information content (AvgIpc) is 2.42. The SMILES string of the molecule is CCCCN=C/C=C(\C=C\c1ccc(Cl)cc1)C(C)(C)C. The van der Waals surface area contributed by atoms with Crippen LogP contribution in [-0.4, -0.2) is 12.8 Å². The predicted octanol–water partition coefficient (Wildman–Crippen LogP) is 6.20. The molecule has 1 aromatic rings. The Morgan fingerprint density at radius 3 is 2.43 bits per heavy atom. The summed E-state index contributed by atoms with van der Waals surface area (Å²) in [4.78, 5) is 4.43. The number of aliphatic imine (C=N–C) groups is 1. The van der Waals surface area contributed by atoms with E-state index in [-0.39, 0.29) is 5.41 Å². The summed E-state index contributed by atoms with van der Waals surface area (Å²) in [6, 6.07) is 7.87. The van der Waals surface area contributed by atoms with Crippen molar-refractivity contribution in [3.63, 3.8) is 0 Å². The minimum atomic E-state index is 0.0969. The van der Waals surface area contributed by atoms with Crippen LogP contribution in [0.25, 0.3) is 6.08 Å². The third-order valence-corrected chi connectivity index (χ3v) is 3.44. The van der Waals surface area contributed by atoms with E-state index in [1.165, 1.54) is 12.0 Å². The first-order valence-corrected chi connectivity index (χ1v) is 7.95. The molecule has 0 heterocycles. The molecule has 0 aliphatic carbocycles. The molecule has 1 nitrogen and oxygen atoms in total. The van der Waals surface area contributed by atoms with Gasteiger partial charge in [-0.3, -0.25) is 4.99 Å². The maximum atomic E-state index is 5.90. The van der Waals surface area contributed by atoms with Crippen molar-refractivity contribution in [3.8, 4) is 0 Å². The lowest BCUT2D eigenvalue weighted by molar-refractivity contribution is 0.518. The zero-order valence-electron chi connectivity index (χ0n) is 13.6. The summed E-state index contributed by atoms with van der Waals surface area (Å²) in [6.45, 7) is 9.73. The number of rotatable bonds is 6. The van der Waals surface area contributed by atoms with Crippen molar-refractivity contribution in [2.75, 3.05) is 6.54 Å². The highest BCUT2D eigenvalue weighted by atomic mass is 35.5. The second-order valence-corrected chi connectivity index (χ2v) is 6.60. The van der Waals surface area contributed by atoms with Crippen LogP contribution in [0.1, 0.15) is 46.1 Å². The van der Waals surface area contributed by atoms with Gasteiger partial charge in [-0.2, -0.15) is 0 Å². The van der Waals surface area contributed by atoms with E-state index in [0.29, 0.717) is 0 Å². The van der Waals surface area contributed by atoms with Crippen molar-refractivity contribution < 1.29 is 0 Å². The maximum Gasteiger partial charge on any atom is 0.0406 e. The van der Waals surface area contributed by atoms with Crippen LogP contribution in [0.15, 0.2) is 47.0 Å². The first-order valence-electron chi connectivity index (χ1n) is 7.57. The second-order valence-electron chi connectivity index (χ2n) is 6.17. The molecule has 1 aromatic carbocycles. The highest BCUT2D eigenvalue weighted by Crippen LogP contribution is 2.26. The Hall–Kier alpha value is -1.34. The van der Waals surface area contributed by atoms with Gasteiger partial charge in [-0.25, -0.2) is 0 Å². The summed E-state index contributed by atoms with van der Waals surface area (Å²) >= 11 is 5.90. The topological polar surface area (TPSA) is 12.4 Å². The fraction of sp³-hybridized carbons (Fsp3) is 0.421. The number of hydrogen-bond acceptors (Lipinski definition) is 1. The van der Waals surface area contributed by atoms with Crippen LogP contribution in [0.2, 0.25) is 5.02 Å². The zero-order chi connectivity index (χ0) is 15.7. The molecule has 0 radical (unpaired) electrons. The standard InChI is InChI=1S/C19H26ClN/c1-5-6-14-21-15-13-17(19(2,3)4)10-7-16-8-11-18(20)12-9-16/h7-13,15H,5-6,14H2,1-4H3/b10-7+,17-13+,21-15?. The van der Waals surface area contributed by atoms with Gasteiger partial charge in [-0.15, -0.1) is 0 Å². The Balaban J connectivity index is 2.81. The minimum Gasteiger partial charge on any atom is -0.293 e. The number of hydrogen-bond donors (Lipinski definition) is 0. The Morgan fingerprint density at radius 2 is 1.86 bits per heavy atom. The lowest BCUT2D eigenvalue weighted by atomic mass is 9.85. The molecule has 0 N–H and O–H groups in total. The van der Waals surface area contributed by atoms with Crippen molar-refractivity contribution in [2.24, 2.45) is 10.4 Å². The normalized spacial score (nSPS) is 13.5. The van der Waals surface area contributed by atoms with Gasteiger partial charge < -0.3 is 0 Å². The Labute approximate surface area is 134 Å². The summed E-state index contributed by atoms with van der Waals surface area (Å²) in [5, 5.41) is 0.766. The van der Waals surface area contributed by atoms with E-state index in [0.717, 1.165) is 23.6 Å². The minimum absolute atomic E-state index is 0.0969. The Bertz CT molecular complexity index is 501. The van der Waals surface area contributed by atoms with Gasteiger partial charge in [-0.1, -0.05) is 70.0 Å². The van der Waals surface area contributed by atoms with Crippen molar-refractivity contribution in [1.82, 2.24) is 0 Å². The molecule has 0 unspecified atom stereocenters. The molecule has 114 valence electrons. The van der Waals surface area contributed by atoms with Gasteiger partial charge in [0.2, 0.25) is 0 Å². The predicted molar refractivity (Wildman–Crippen MR) is 96.3 cm³/mol. The molecular weight excluding hydrogens is 278 g/mol. The largest absolute Gasteiger partial charge is 0.293 e. The van der Waals surface area contributed by atoms with Gasteiger partial charge in [0.15, 0.2) is 0 Å². The van der Waals surface area contributed by atoms with Gasteiger partial charge in [0, 0.05) is 17.8 Å². The number of benzene rings is 1. The fourth-order valence-electron chi connectivity index (χ4n) is 1.77. The van der Waals surface area contributed by atoms with Gasteiger partial charge in [0.25, 0.3) is 0 Å². The van der Waals surface area contributed by atoms with Crippen LogP contribution >= 0.6 is 11.6 Å². The van der Waals surface area contributed by atoms with Crippen LogP contribution in [0, 0.1) is 5.41 Å². The second kappa shape index (κ2) is 8.84. The Morgan fingerprint density at radius 1 is 1.19 bits per heavy atom. The molecule has 2 heteroatoms. The first kappa shape index (κ1) is 17.7. The smallest absolute Gasteiger partial charge is 0.0406 e. The maximum absolute atomic E-state index is 5.90. The lowest BCUT2D eigenvalue weighted by Crippen LogP contribution is -2.07. The zero-order valence-corrected chi connectivity index (χ0v) is 14.3. The molecule has 0 fully saturated rings. The summed E-state index contributed by atoms with van der Waals surface area (Å²) in [6.07, 6.45) is 10.7. The molecule has 0 aliphatic heterocycles. The average molecular weight is 304 g/mol. The molecule has 0 aromatic heterocycles. The fourth-order valence-corrected chi connectivity index (χ4v) is 1.90. The highest BCUT2D eigenvalue weighted by molar-refractivity contribution is 6.30. The third-order valence-electron chi connectivity index (χ3n) is 3.19. The van der Waals surface area contributed by atoms with Gasteiger partial charge in [0.1, 0.15) is 0 Å². The first-order chi connectivity index (χ1) is 9.93. The molecule has 21 heavy (non-hydrogen) atoms. The number of unbranched alkanes of at least 4 members (excludes halogenated alkanes) is 1. The van der Waals surface area contributed by atoms with Gasteiger partial charge in [-0.05, 0) is 41.2 Å². The third kappa shape index (κ3) is 7.29. The summed E-state index contributed by atoms with van der Waals surface area (Å²) in [5.41, 5.74) is 2.51. The molecule has 0 amide bonds. The number of halogens is 1. The van der Waals surface area contributed by atoms with Crippen molar-refractivity contribution >= 4 is 23.9 Å². The molecular formula is C19H26ClN. The monoisotopic (exact) mass is 303 g/mol. The van der Waals surface area contributed by atoms with Crippen molar-refractivity contribution in [1.29, 1.82) is 0 Å². The van der Waals surface area contributed by atoms with E-state index >= 15 is 0 Å². The van der Waals surface area contributed by atoms with Crippen LogP contribution < -0.4 is 0 Å². The molecule has 0 saturated carbocycles. The molecule has 0 bridgehead atoms. The quantitative estimate of drug-likeness (QED) is 0.337. The summed E-state index contributed by atoms with van der Waals surface area (Å²) in [5.74, 6) is 0. The van der Waals surface area contributed by atoms with E-state index in [4.69, 9.17) is 11.6 Å².